The summed E-state index contributed by atoms with van der Waals surface area (Å²) in [5.74, 6) is -0.577. The fourth-order valence-electron chi connectivity index (χ4n) is 1.69. The number of nitrogens with zero attached hydrogens (tertiary/aromatic N) is 1. The maximum atomic E-state index is 11.7. The van der Waals surface area contributed by atoms with Crippen molar-refractivity contribution in [1.82, 2.24) is 5.43 Å². The van der Waals surface area contributed by atoms with Crippen LogP contribution in [0.15, 0.2) is 58.5 Å². The average molecular weight is 379 g/mol. The first kappa shape index (κ1) is 18.8. The zero-order valence-electron chi connectivity index (χ0n) is 13.0. The largest absolute Gasteiger partial charge is 0.482 e. The normalized spacial score (nSPS) is 10.6. The molecular weight excluding hydrogens is 364 g/mol. The van der Waals surface area contributed by atoms with Crippen LogP contribution in [0.3, 0.4) is 0 Å². The molecule has 0 atom stereocenters. The molecule has 8 heteroatoms. The Labute approximate surface area is 153 Å². The van der Waals surface area contributed by atoms with E-state index >= 15 is 0 Å². The highest BCUT2D eigenvalue weighted by Gasteiger charge is 2.02. The number of rotatable bonds is 8. The molecular formula is C17H15ClN2O4S. The fourth-order valence-corrected chi connectivity index (χ4v) is 2.50. The summed E-state index contributed by atoms with van der Waals surface area (Å²) in [5, 5.41) is 13.1. The van der Waals surface area contributed by atoms with E-state index in [0.717, 1.165) is 10.5 Å². The molecule has 0 saturated heterocycles. The van der Waals surface area contributed by atoms with E-state index in [4.69, 9.17) is 21.4 Å². The molecule has 130 valence electrons. The van der Waals surface area contributed by atoms with Crippen molar-refractivity contribution in [1.29, 1.82) is 0 Å². The van der Waals surface area contributed by atoms with Crippen molar-refractivity contribution in [2.45, 2.75) is 4.90 Å². The van der Waals surface area contributed by atoms with Gasteiger partial charge in [0.15, 0.2) is 6.61 Å². The fraction of sp³-hybridized carbons (Fsp3) is 0.118. The second-order valence-corrected chi connectivity index (χ2v) is 6.27. The molecule has 2 rings (SSSR count). The molecule has 0 radical (unpaired) electrons. The highest BCUT2D eigenvalue weighted by atomic mass is 35.5. The second kappa shape index (κ2) is 9.71. The van der Waals surface area contributed by atoms with Crippen LogP contribution in [0.25, 0.3) is 0 Å². The van der Waals surface area contributed by atoms with Gasteiger partial charge in [-0.25, -0.2) is 10.2 Å². The standard InChI is InChI=1S/C17H15ClN2O4S/c18-13-3-7-15(8-4-13)25-11-16(21)20-19-9-12-1-5-14(6-2-12)24-10-17(22)23/h1-9H,10-11H2,(H,20,21)(H,22,23)/b19-9-. The third-order valence-electron chi connectivity index (χ3n) is 2.83. The van der Waals surface area contributed by atoms with Gasteiger partial charge in [-0.2, -0.15) is 5.10 Å². The molecule has 0 fully saturated rings. The Morgan fingerprint density at radius 3 is 2.48 bits per heavy atom. The molecule has 1 amide bonds. The molecule has 0 spiro atoms. The number of hydrazone groups is 1. The van der Waals surface area contributed by atoms with E-state index in [1.165, 1.54) is 18.0 Å². The van der Waals surface area contributed by atoms with Crippen molar-refractivity contribution >= 4 is 41.5 Å². The van der Waals surface area contributed by atoms with Crippen molar-refractivity contribution in [3.8, 4) is 5.75 Å². The van der Waals surface area contributed by atoms with Gasteiger partial charge in [-0.15, -0.1) is 11.8 Å². The molecule has 0 aliphatic heterocycles. The molecule has 0 unspecified atom stereocenters. The Kier molecular flexibility index (Phi) is 7.31. The van der Waals surface area contributed by atoms with Crippen LogP contribution in [0.1, 0.15) is 5.56 Å². The quantitative estimate of drug-likeness (QED) is 0.418. The van der Waals surface area contributed by atoms with Gasteiger partial charge in [0.05, 0.1) is 12.0 Å². The maximum Gasteiger partial charge on any atom is 0.341 e. The molecule has 0 bridgehead atoms. The van der Waals surface area contributed by atoms with Crippen LogP contribution in [0.4, 0.5) is 0 Å². The predicted octanol–water partition coefficient (Wildman–Crippen LogP) is 3.05. The smallest absolute Gasteiger partial charge is 0.341 e. The van der Waals surface area contributed by atoms with Crippen LogP contribution < -0.4 is 10.2 Å². The summed E-state index contributed by atoms with van der Waals surface area (Å²) < 4.78 is 5.02. The van der Waals surface area contributed by atoms with E-state index in [2.05, 4.69) is 10.5 Å². The zero-order valence-corrected chi connectivity index (χ0v) is 14.6. The first-order chi connectivity index (χ1) is 12.0. The summed E-state index contributed by atoms with van der Waals surface area (Å²) in [6.45, 7) is -0.394. The lowest BCUT2D eigenvalue weighted by molar-refractivity contribution is -0.139. The first-order valence-electron chi connectivity index (χ1n) is 7.18. The van der Waals surface area contributed by atoms with E-state index in [0.29, 0.717) is 10.8 Å². The van der Waals surface area contributed by atoms with E-state index in [1.54, 1.807) is 36.4 Å². The van der Waals surface area contributed by atoms with Crippen LogP contribution in [0.2, 0.25) is 5.02 Å². The number of ether oxygens (including phenoxy) is 1. The van der Waals surface area contributed by atoms with Gasteiger partial charge in [-0.1, -0.05) is 11.6 Å². The van der Waals surface area contributed by atoms with E-state index in [9.17, 15) is 9.59 Å². The van der Waals surface area contributed by atoms with Gasteiger partial charge in [-0.05, 0) is 54.1 Å². The first-order valence-corrected chi connectivity index (χ1v) is 8.54. The molecule has 0 heterocycles. The van der Waals surface area contributed by atoms with Gasteiger partial charge in [0.25, 0.3) is 0 Å². The summed E-state index contributed by atoms with van der Waals surface area (Å²) in [6.07, 6.45) is 1.49. The highest BCUT2D eigenvalue weighted by molar-refractivity contribution is 8.00. The molecule has 2 N–H and O–H groups in total. The molecule has 0 aliphatic rings. The number of hydrogen-bond acceptors (Lipinski definition) is 5. The van der Waals surface area contributed by atoms with Crippen molar-refractivity contribution < 1.29 is 19.4 Å². The van der Waals surface area contributed by atoms with Crippen LogP contribution in [-0.4, -0.2) is 35.6 Å². The topological polar surface area (TPSA) is 88.0 Å². The highest BCUT2D eigenvalue weighted by Crippen LogP contribution is 2.19. The van der Waals surface area contributed by atoms with Gasteiger partial charge in [0.1, 0.15) is 5.75 Å². The van der Waals surface area contributed by atoms with Crippen LogP contribution >= 0.6 is 23.4 Å². The summed E-state index contributed by atoms with van der Waals surface area (Å²) in [5.41, 5.74) is 3.19. The number of halogens is 1. The average Bonchev–Trinajstić information content (AvgIpc) is 2.60. The Morgan fingerprint density at radius 1 is 1.16 bits per heavy atom. The molecule has 0 saturated carbocycles. The molecule has 25 heavy (non-hydrogen) atoms. The number of carboxylic acid groups (broad SMARTS) is 1. The van der Waals surface area contributed by atoms with Crippen LogP contribution in [0, 0.1) is 0 Å². The van der Waals surface area contributed by atoms with Gasteiger partial charge in [-0.3, -0.25) is 4.79 Å². The summed E-state index contributed by atoms with van der Waals surface area (Å²) in [7, 11) is 0. The Hall–Kier alpha value is -2.51. The number of hydrogen-bond donors (Lipinski definition) is 2. The number of benzene rings is 2. The predicted molar refractivity (Wildman–Crippen MR) is 97.5 cm³/mol. The monoisotopic (exact) mass is 378 g/mol. The minimum Gasteiger partial charge on any atom is -0.482 e. The Bertz CT molecular complexity index is 748. The minimum atomic E-state index is -1.04. The van der Waals surface area contributed by atoms with Crippen LogP contribution in [-0.2, 0) is 9.59 Å². The Morgan fingerprint density at radius 2 is 1.84 bits per heavy atom. The van der Waals surface area contributed by atoms with Gasteiger partial charge < -0.3 is 9.84 Å². The van der Waals surface area contributed by atoms with E-state index in [-0.39, 0.29) is 11.7 Å². The molecule has 0 aliphatic carbocycles. The third kappa shape index (κ3) is 7.28. The SMILES string of the molecule is O=C(O)COc1ccc(/C=N\NC(=O)CSc2ccc(Cl)cc2)cc1. The lowest BCUT2D eigenvalue weighted by atomic mass is 10.2. The number of thioether (sulfide) groups is 1. The van der Waals surface area contributed by atoms with Crippen molar-refractivity contribution in [2.75, 3.05) is 12.4 Å². The molecule has 0 aromatic heterocycles. The lowest BCUT2D eigenvalue weighted by Crippen LogP contribution is -2.19. The number of carbonyl (C=O) groups excluding carboxylic acids is 1. The molecule has 2 aromatic rings. The number of nitrogens with one attached hydrogen (secondary N) is 1. The van der Waals surface area contributed by atoms with Crippen molar-refractivity contribution in [3.05, 3.63) is 59.1 Å². The summed E-state index contributed by atoms with van der Waals surface area (Å²) in [4.78, 5) is 23.1. The second-order valence-electron chi connectivity index (χ2n) is 4.79. The third-order valence-corrected chi connectivity index (χ3v) is 4.09. The molecule has 2 aromatic carbocycles. The number of carboxylic acids is 1. The number of carbonyl (C=O) groups is 2. The lowest BCUT2D eigenvalue weighted by Gasteiger charge is -2.03. The van der Waals surface area contributed by atoms with E-state index < -0.39 is 12.6 Å². The van der Waals surface area contributed by atoms with E-state index in [1.807, 2.05) is 12.1 Å². The minimum absolute atomic E-state index is 0.224. The maximum absolute atomic E-state index is 11.7. The number of amides is 1. The van der Waals surface area contributed by atoms with Crippen molar-refractivity contribution in [3.63, 3.8) is 0 Å². The van der Waals surface area contributed by atoms with Gasteiger partial charge in [0.2, 0.25) is 5.91 Å². The molecule has 6 nitrogen and oxygen atoms in total. The Balaban J connectivity index is 1.74. The summed E-state index contributed by atoms with van der Waals surface area (Å²) in [6, 6.07) is 13.9. The number of aliphatic carboxylic acids is 1. The zero-order chi connectivity index (χ0) is 18.1. The van der Waals surface area contributed by atoms with Crippen LogP contribution in [0.5, 0.6) is 5.75 Å². The van der Waals surface area contributed by atoms with Gasteiger partial charge in [0, 0.05) is 9.92 Å². The summed E-state index contributed by atoms with van der Waals surface area (Å²) >= 11 is 7.18. The van der Waals surface area contributed by atoms with Crippen molar-refractivity contribution in [2.24, 2.45) is 5.10 Å². The van der Waals surface area contributed by atoms with Gasteiger partial charge >= 0.3 is 5.97 Å².